The van der Waals surface area contributed by atoms with Gasteiger partial charge in [-0.3, -0.25) is 4.57 Å². The highest BCUT2D eigenvalue weighted by Crippen LogP contribution is 2.43. The van der Waals surface area contributed by atoms with Crippen molar-refractivity contribution in [3.63, 3.8) is 0 Å². The number of hydrogen-bond acceptors (Lipinski definition) is 3. The van der Waals surface area contributed by atoms with Gasteiger partial charge in [0.15, 0.2) is 5.58 Å². The third-order valence-corrected chi connectivity index (χ3v) is 10.2. The fraction of sp³-hybridized carbons (Fsp3) is 0. The molecule has 51 heavy (non-hydrogen) atoms. The third-order valence-electron chi connectivity index (χ3n) is 10.2. The number of benzene rings is 7. The first kappa shape index (κ1) is 27.9. The van der Waals surface area contributed by atoms with E-state index in [1.807, 2.05) is 24.3 Å². The molecular formula is C46H28N4O. The highest BCUT2D eigenvalue weighted by atomic mass is 16.3. The minimum Gasteiger partial charge on any atom is -0.452 e. The topological polar surface area (TPSA) is 48.8 Å². The van der Waals surface area contributed by atoms with Crippen molar-refractivity contribution < 1.29 is 4.42 Å². The molecule has 11 rings (SSSR count). The standard InChI is InChI=1S/C46H28N4O/c1-3-13-29(14-4-1)30-23-25-31(26-24-30)42-45-43(36-19-9-12-22-40(36)51-45)48-46(47-42)50-37-20-10-7-17-33(37)34-27-28-39-41(44(34)50)35-18-8-11-21-38(35)49(39)32-15-5-2-6-16-32/h1-28H. The SMILES string of the molecule is c1ccc(-c2ccc(-c3nc(-n4c5ccccc5c5ccc6c(c7ccccc7n6-c6ccccc6)c54)nc4c3oc3ccccc34)cc2)cc1. The summed E-state index contributed by atoms with van der Waals surface area (Å²) in [6.07, 6.45) is 0. The van der Waals surface area contributed by atoms with Crippen LogP contribution in [0.15, 0.2) is 174 Å². The quantitative estimate of drug-likeness (QED) is 0.190. The van der Waals surface area contributed by atoms with Crippen molar-refractivity contribution in [2.75, 3.05) is 0 Å². The van der Waals surface area contributed by atoms with Crippen LogP contribution in [0.2, 0.25) is 0 Å². The second-order valence-electron chi connectivity index (χ2n) is 13.0. The van der Waals surface area contributed by atoms with E-state index in [4.69, 9.17) is 14.4 Å². The summed E-state index contributed by atoms with van der Waals surface area (Å²) >= 11 is 0. The van der Waals surface area contributed by atoms with Gasteiger partial charge in [-0.2, -0.15) is 0 Å². The fourth-order valence-electron chi connectivity index (χ4n) is 7.90. The molecule has 0 aliphatic heterocycles. The highest BCUT2D eigenvalue weighted by molar-refractivity contribution is 6.26. The summed E-state index contributed by atoms with van der Waals surface area (Å²) < 4.78 is 11.2. The molecule has 7 aromatic carbocycles. The van der Waals surface area contributed by atoms with E-state index in [-0.39, 0.29) is 0 Å². The summed E-state index contributed by atoms with van der Waals surface area (Å²) in [5, 5.41) is 5.61. The Morgan fingerprint density at radius 1 is 0.412 bits per heavy atom. The first-order valence-corrected chi connectivity index (χ1v) is 17.2. The monoisotopic (exact) mass is 652 g/mol. The van der Waals surface area contributed by atoms with Crippen molar-refractivity contribution >= 4 is 65.7 Å². The average Bonchev–Trinajstić information content (AvgIpc) is 3.86. The number of aromatic nitrogens is 4. The zero-order chi connectivity index (χ0) is 33.5. The van der Waals surface area contributed by atoms with Crippen LogP contribution in [0.3, 0.4) is 0 Å². The van der Waals surface area contributed by atoms with E-state index in [1.54, 1.807) is 0 Å². The number of furan rings is 1. The van der Waals surface area contributed by atoms with Crippen molar-refractivity contribution in [3.05, 3.63) is 170 Å². The highest BCUT2D eigenvalue weighted by Gasteiger charge is 2.24. The lowest BCUT2D eigenvalue weighted by Crippen LogP contribution is -2.03. The van der Waals surface area contributed by atoms with E-state index in [1.165, 1.54) is 10.9 Å². The lowest BCUT2D eigenvalue weighted by atomic mass is 10.0. The minimum atomic E-state index is 0.603. The Morgan fingerprint density at radius 3 is 1.80 bits per heavy atom. The summed E-state index contributed by atoms with van der Waals surface area (Å²) in [6.45, 7) is 0. The third kappa shape index (κ3) is 4.09. The molecule has 0 fully saturated rings. The van der Waals surface area contributed by atoms with E-state index < -0.39 is 0 Å². The van der Waals surface area contributed by atoms with Gasteiger partial charge in [0.2, 0.25) is 5.95 Å². The number of hydrogen-bond donors (Lipinski definition) is 0. The predicted octanol–water partition coefficient (Wildman–Crippen LogP) is 11.9. The van der Waals surface area contributed by atoms with E-state index in [2.05, 4.69) is 155 Å². The normalized spacial score (nSPS) is 11.9. The Kier molecular flexibility index (Phi) is 5.89. The van der Waals surface area contributed by atoms with Gasteiger partial charge in [-0.25, -0.2) is 9.97 Å². The molecule has 0 N–H and O–H groups in total. The average molecular weight is 653 g/mol. The van der Waals surface area contributed by atoms with Crippen molar-refractivity contribution in [3.8, 4) is 34.0 Å². The van der Waals surface area contributed by atoms with Gasteiger partial charge in [-0.1, -0.05) is 127 Å². The Balaban J connectivity index is 1.26. The molecule has 5 nitrogen and oxygen atoms in total. The molecule has 4 heterocycles. The lowest BCUT2D eigenvalue weighted by molar-refractivity contribution is 0.666. The van der Waals surface area contributed by atoms with E-state index in [9.17, 15) is 0 Å². The van der Waals surface area contributed by atoms with Crippen molar-refractivity contribution in [1.29, 1.82) is 0 Å². The van der Waals surface area contributed by atoms with Crippen LogP contribution >= 0.6 is 0 Å². The number of fused-ring (bicyclic) bond motifs is 10. The molecule has 5 heteroatoms. The predicted molar refractivity (Wildman–Crippen MR) is 209 cm³/mol. The number of rotatable bonds is 4. The first-order chi connectivity index (χ1) is 25.3. The van der Waals surface area contributed by atoms with E-state index >= 15 is 0 Å². The van der Waals surface area contributed by atoms with Gasteiger partial charge in [-0.15, -0.1) is 0 Å². The second-order valence-corrected chi connectivity index (χ2v) is 13.0. The van der Waals surface area contributed by atoms with Crippen LogP contribution in [0.1, 0.15) is 0 Å². The van der Waals surface area contributed by atoms with Crippen LogP contribution in [-0.2, 0) is 0 Å². The zero-order valence-electron chi connectivity index (χ0n) is 27.4. The maximum Gasteiger partial charge on any atom is 0.236 e. The fourth-order valence-corrected chi connectivity index (χ4v) is 7.90. The second kappa shape index (κ2) is 10.8. The number of para-hydroxylation sites is 4. The Bertz CT molecular complexity index is 3120. The molecule has 0 aliphatic carbocycles. The molecule has 0 amide bonds. The molecular weight excluding hydrogens is 625 g/mol. The summed E-state index contributed by atoms with van der Waals surface area (Å²) in [6, 6.07) is 59.5. The van der Waals surface area contributed by atoms with Gasteiger partial charge >= 0.3 is 0 Å². The largest absolute Gasteiger partial charge is 0.452 e. The molecule has 0 radical (unpaired) electrons. The summed E-state index contributed by atoms with van der Waals surface area (Å²) in [5.74, 6) is 0.603. The summed E-state index contributed by atoms with van der Waals surface area (Å²) in [7, 11) is 0. The minimum absolute atomic E-state index is 0.603. The molecule has 0 saturated heterocycles. The smallest absolute Gasteiger partial charge is 0.236 e. The van der Waals surface area contributed by atoms with Gasteiger partial charge in [0.05, 0.1) is 22.1 Å². The first-order valence-electron chi connectivity index (χ1n) is 17.2. The summed E-state index contributed by atoms with van der Waals surface area (Å²) in [5.41, 5.74) is 11.8. The lowest BCUT2D eigenvalue weighted by Gasteiger charge is -2.11. The molecule has 238 valence electrons. The Morgan fingerprint density at radius 2 is 1.02 bits per heavy atom. The van der Waals surface area contributed by atoms with Gasteiger partial charge in [-0.05, 0) is 53.6 Å². The molecule has 0 aliphatic rings. The van der Waals surface area contributed by atoms with Crippen molar-refractivity contribution in [2.24, 2.45) is 0 Å². The molecule has 0 spiro atoms. The maximum atomic E-state index is 6.54. The van der Waals surface area contributed by atoms with Crippen LogP contribution < -0.4 is 0 Å². The molecule has 4 aromatic heterocycles. The number of nitrogens with zero attached hydrogens (tertiary/aromatic N) is 4. The van der Waals surface area contributed by atoms with E-state index in [0.717, 1.165) is 77.2 Å². The van der Waals surface area contributed by atoms with Gasteiger partial charge < -0.3 is 8.98 Å². The zero-order valence-corrected chi connectivity index (χ0v) is 27.4. The molecule has 0 saturated carbocycles. The molecule has 11 aromatic rings. The van der Waals surface area contributed by atoms with Crippen LogP contribution in [0, 0.1) is 0 Å². The summed E-state index contributed by atoms with van der Waals surface area (Å²) in [4.78, 5) is 10.8. The van der Waals surface area contributed by atoms with Crippen LogP contribution in [0.4, 0.5) is 0 Å². The van der Waals surface area contributed by atoms with Crippen LogP contribution in [0.25, 0.3) is 99.7 Å². The van der Waals surface area contributed by atoms with Gasteiger partial charge in [0.1, 0.15) is 16.8 Å². The van der Waals surface area contributed by atoms with Crippen LogP contribution in [-0.4, -0.2) is 19.1 Å². The molecule has 0 bridgehead atoms. The maximum absolute atomic E-state index is 6.54. The van der Waals surface area contributed by atoms with Gasteiger partial charge in [0.25, 0.3) is 0 Å². The van der Waals surface area contributed by atoms with Gasteiger partial charge in [0, 0.05) is 38.2 Å². The van der Waals surface area contributed by atoms with Crippen molar-refractivity contribution in [1.82, 2.24) is 19.1 Å². The molecule has 0 unspecified atom stereocenters. The molecule has 0 atom stereocenters. The van der Waals surface area contributed by atoms with Crippen LogP contribution in [0.5, 0.6) is 0 Å². The Labute approximate surface area is 292 Å². The van der Waals surface area contributed by atoms with E-state index in [0.29, 0.717) is 11.5 Å². The Hall–Kier alpha value is -6.98. The van der Waals surface area contributed by atoms with Crippen molar-refractivity contribution in [2.45, 2.75) is 0 Å².